The molecule has 3 aromatic rings. The fourth-order valence-corrected chi connectivity index (χ4v) is 3.35. The number of fused-ring (bicyclic) bond motifs is 1. The lowest BCUT2D eigenvalue weighted by atomic mass is 10.1. The van der Waals surface area contributed by atoms with Gasteiger partial charge < -0.3 is 10.2 Å². The first-order valence-electron chi connectivity index (χ1n) is 8.94. The minimum atomic E-state index is 0.00848. The number of rotatable bonds is 5. The van der Waals surface area contributed by atoms with Crippen LogP contribution in [0, 0.1) is 0 Å². The number of nitrogens with zero attached hydrogens (tertiary/aromatic N) is 2. The Morgan fingerprint density at radius 1 is 1.04 bits per heavy atom. The molecule has 0 spiro atoms. The van der Waals surface area contributed by atoms with Crippen LogP contribution in [0.15, 0.2) is 73.1 Å². The van der Waals surface area contributed by atoms with Crippen LogP contribution >= 0.6 is 0 Å². The Labute approximate surface area is 153 Å². The predicted molar refractivity (Wildman–Crippen MR) is 105 cm³/mol. The molecule has 0 unspecified atom stereocenters. The van der Waals surface area contributed by atoms with Crippen LogP contribution in [0.1, 0.15) is 21.5 Å². The average molecular weight is 343 g/mol. The fraction of sp³-hybridized carbons (Fsp3) is 0.182. The Hall–Kier alpha value is -3.14. The number of pyridine rings is 1. The summed E-state index contributed by atoms with van der Waals surface area (Å²) in [5, 5.41) is 3.36. The lowest BCUT2D eigenvalue weighted by Crippen LogP contribution is -2.29. The van der Waals surface area contributed by atoms with Gasteiger partial charge in [-0.2, -0.15) is 0 Å². The van der Waals surface area contributed by atoms with E-state index in [1.54, 1.807) is 12.4 Å². The van der Waals surface area contributed by atoms with E-state index < -0.39 is 0 Å². The number of amides is 1. The summed E-state index contributed by atoms with van der Waals surface area (Å²) < 4.78 is 0. The van der Waals surface area contributed by atoms with Crippen molar-refractivity contribution >= 4 is 17.3 Å². The van der Waals surface area contributed by atoms with E-state index in [1.165, 1.54) is 11.1 Å². The molecule has 0 atom stereocenters. The summed E-state index contributed by atoms with van der Waals surface area (Å²) in [5.74, 6) is 0.00848. The third-order valence-corrected chi connectivity index (χ3v) is 4.70. The molecule has 1 aliphatic heterocycles. The largest absolute Gasteiger partial charge is 0.383 e. The minimum Gasteiger partial charge on any atom is -0.383 e. The quantitative estimate of drug-likeness (QED) is 0.763. The van der Waals surface area contributed by atoms with E-state index in [2.05, 4.69) is 28.5 Å². The van der Waals surface area contributed by atoms with Crippen molar-refractivity contribution in [1.29, 1.82) is 0 Å². The van der Waals surface area contributed by atoms with Crippen LogP contribution in [0.5, 0.6) is 0 Å². The molecular formula is C22H21N3O. The Kier molecular flexibility index (Phi) is 4.65. The highest BCUT2D eigenvalue weighted by Gasteiger charge is 2.25. The van der Waals surface area contributed by atoms with Crippen molar-refractivity contribution in [3.63, 3.8) is 0 Å². The number of para-hydroxylation sites is 1. The number of hydrogen-bond acceptors (Lipinski definition) is 3. The van der Waals surface area contributed by atoms with Gasteiger partial charge in [-0.3, -0.25) is 9.78 Å². The van der Waals surface area contributed by atoms with Gasteiger partial charge in [0.25, 0.3) is 5.91 Å². The zero-order valence-corrected chi connectivity index (χ0v) is 14.6. The highest BCUT2D eigenvalue weighted by atomic mass is 16.2. The topological polar surface area (TPSA) is 45.2 Å². The van der Waals surface area contributed by atoms with Crippen LogP contribution in [-0.4, -0.2) is 24.0 Å². The fourth-order valence-electron chi connectivity index (χ4n) is 3.35. The van der Waals surface area contributed by atoms with E-state index in [0.717, 1.165) is 37.3 Å². The first kappa shape index (κ1) is 16.3. The van der Waals surface area contributed by atoms with E-state index in [9.17, 15) is 4.79 Å². The highest BCUT2D eigenvalue weighted by molar-refractivity contribution is 6.07. The van der Waals surface area contributed by atoms with Crippen LogP contribution in [0.25, 0.3) is 0 Å². The van der Waals surface area contributed by atoms with Gasteiger partial charge in [0.15, 0.2) is 0 Å². The number of benzene rings is 2. The van der Waals surface area contributed by atoms with Gasteiger partial charge in [0, 0.05) is 31.2 Å². The molecule has 0 saturated heterocycles. The molecule has 1 N–H and O–H groups in total. The Morgan fingerprint density at radius 2 is 1.85 bits per heavy atom. The van der Waals surface area contributed by atoms with E-state index in [-0.39, 0.29) is 5.91 Å². The summed E-state index contributed by atoms with van der Waals surface area (Å²) in [6.45, 7) is 1.53. The maximum absolute atomic E-state index is 12.9. The molecule has 1 amide bonds. The van der Waals surface area contributed by atoms with Crippen LogP contribution in [0.4, 0.5) is 11.4 Å². The van der Waals surface area contributed by atoms with E-state index >= 15 is 0 Å². The summed E-state index contributed by atoms with van der Waals surface area (Å²) in [7, 11) is 0. The number of aromatic nitrogens is 1. The number of anilines is 2. The van der Waals surface area contributed by atoms with Gasteiger partial charge in [0.2, 0.25) is 0 Å². The van der Waals surface area contributed by atoms with Crippen molar-refractivity contribution in [3.05, 3.63) is 89.7 Å². The Balaban J connectivity index is 1.43. The second kappa shape index (κ2) is 7.40. The lowest BCUT2D eigenvalue weighted by molar-refractivity contribution is 0.0989. The molecular weight excluding hydrogens is 322 g/mol. The molecule has 0 bridgehead atoms. The standard InChI is InChI=1S/C22H21N3O/c26-22(25-13-11-18-8-4-5-9-21(18)25)19-14-20(16-23-15-19)24-12-10-17-6-2-1-3-7-17/h1-9,14-16,24H,10-13H2. The summed E-state index contributed by atoms with van der Waals surface area (Å²) in [4.78, 5) is 19.0. The third kappa shape index (κ3) is 3.45. The van der Waals surface area contributed by atoms with Gasteiger partial charge in [0.1, 0.15) is 0 Å². The van der Waals surface area contributed by atoms with Crippen LogP contribution in [0.2, 0.25) is 0 Å². The Morgan fingerprint density at radius 3 is 2.73 bits per heavy atom. The molecule has 0 fully saturated rings. The normalized spacial score (nSPS) is 12.7. The predicted octanol–water partition coefficient (Wildman–Crippen LogP) is 3.94. The van der Waals surface area contributed by atoms with E-state index in [0.29, 0.717) is 5.56 Å². The molecule has 4 nitrogen and oxygen atoms in total. The molecule has 2 heterocycles. The smallest absolute Gasteiger partial charge is 0.259 e. The lowest BCUT2D eigenvalue weighted by Gasteiger charge is -2.17. The van der Waals surface area contributed by atoms with Gasteiger partial charge in [-0.05, 0) is 36.1 Å². The summed E-state index contributed by atoms with van der Waals surface area (Å²) >= 11 is 0. The van der Waals surface area contributed by atoms with Gasteiger partial charge in [0.05, 0.1) is 11.3 Å². The van der Waals surface area contributed by atoms with Crippen LogP contribution < -0.4 is 10.2 Å². The number of carbonyl (C=O) groups is 1. The summed E-state index contributed by atoms with van der Waals surface area (Å²) in [6.07, 6.45) is 5.24. The highest BCUT2D eigenvalue weighted by Crippen LogP contribution is 2.29. The van der Waals surface area contributed by atoms with Gasteiger partial charge in [-0.1, -0.05) is 48.5 Å². The van der Waals surface area contributed by atoms with Crippen molar-refractivity contribution in [1.82, 2.24) is 4.98 Å². The van der Waals surface area contributed by atoms with Gasteiger partial charge in [-0.25, -0.2) is 0 Å². The van der Waals surface area contributed by atoms with Crippen molar-refractivity contribution < 1.29 is 4.79 Å². The summed E-state index contributed by atoms with van der Waals surface area (Å²) in [5.41, 5.74) is 5.02. The Bertz CT molecular complexity index is 908. The third-order valence-electron chi connectivity index (χ3n) is 4.70. The number of carbonyl (C=O) groups excluding carboxylic acids is 1. The monoisotopic (exact) mass is 343 g/mol. The molecule has 0 aliphatic carbocycles. The molecule has 2 aromatic carbocycles. The molecule has 0 saturated carbocycles. The van der Waals surface area contributed by atoms with Crippen molar-refractivity contribution in [2.75, 3.05) is 23.3 Å². The minimum absolute atomic E-state index is 0.00848. The zero-order valence-electron chi connectivity index (χ0n) is 14.6. The molecule has 1 aliphatic rings. The zero-order chi connectivity index (χ0) is 17.8. The van der Waals surface area contributed by atoms with E-state index in [1.807, 2.05) is 47.4 Å². The van der Waals surface area contributed by atoms with Crippen molar-refractivity contribution in [2.24, 2.45) is 0 Å². The second-order valence-corrected chi connectivity index (χ2v) is 6.46. The molecule has 130 valence electrons. The van der Waals surface area contributed by atoms with Gasteiger partial charge in [-0.15, -0.1) is 0 Å². The average Bonchev–Trinajstić information content (AvgIpc) is 3.13. The molecule has 0 radical (unpaired) electrons. The number of nitrogens with one attached hydrogen (secondary N) is 1. The molecule has 26 heavy (non-hydrogen) atoms. The summed E-state index contributed by atoms with van der Waals surface area (Å²) in [6, 6.07) is 20.3. The molecule has 4 rings (SSSR count). The van der Waals surface area contributed by atoms with Crippen LogP contribution in [0.3, 0.4) is 0 Å². The first-order chi connectivity index (χ1) is 12.8. The number of hydrogen-bond donors (Lipinski definition) is 1. The van der Waals surface area contributed by atoms with Crippen LogP contribution in [-0.2, 0) is 12.8 Å². The van der Waals surface area contributed by atoms with E-state index in [4.69, 9.17) is 0 Å². The van der Waals surface area contributed by atoms with Crippen molar-refractivity contribution in [2.45, 2.75) is 12.8 Å². The van der Waals surface area contributed by atoms with Gasteiger partial charge >= 0.3 is 0 Å². The maximum atomic E-state index is 12.9. The second-order valence-electron chi connectivity index (χ2n) is 6.46. The maximum Gasteiger partial charge on any atom is 0.259 e. The first-order valence-corrected chi connectivity index (χ1v) is 8.94. The van der Waals surface area contributed by atoms with Crippen molar-refractivity contribution in [3.8, 4) is 0 Å². The SMILES string of the molecule is O=C(c1cncc(NCCc2ccccc2)c1)N1CCc2ccccc21. The molecule has 1 aromatic heterocycles. The molecule has 4 heteroatoms.